The minimum absolute atomic E-state index is 0.140. The van der Waals surface area contributed by atoms with Crippen molar-refractivity contribution >= 4 is 28.9 Å². The van der Waals surface area contributed by atoms with Crippen molar-refractivity contribution in [3.05, 3.63) is 53.6 Å². The van der Waals surface area contributed by atoms with Crippen LogP contribution in [0.3, 0.4) is 0 Å². The number of hydrogen-bond donors (Lipinski definition) is 1. The Morgan fingerprint density at radius 2 is 1.67 bits per heavy atom. The average Bonchev–Trinajstić information content (AvgIpc) is 2.75. The number of carbonyl (C=O) groups excluding carboxylic acids is 2. The van der Waals surface area contributed by atoms with Gasteiger partial charge in [0.15, 0.2) is 0 Å². The minimum atomic E-state index is -0.140. The van der Waals surface area contributed by atoms with Gasteiger partial charge >= 0.3 is 0 Å². The van der Waals surface area contributed by atoms with Gasteiger partial charge in [-0.3, -0.25) is 9.59 Å². The van der Waals surface area contributed by atoms with Gasteiger partial charge in [-0.15, -0.1) is 0 Å². The maximum absolute atomic E-state index is 12.7. The number of aryl methyl sites for hydroxylation is 1. The van der Waals surface area contributed by atoms with Crippen molar-refractivity contribution in [3.8, 4) is 0 Å². The number of benzene rings is 2. The standard InChI is InChI=1S/C24H30N4O2/c1-18-17-20(8-11-22(18)27-15-13-26(2)14-16-27)25-24(30)19-6-9-21(10-7-19)28-12-4-3-5-23(28)29/h6-11,17H,3-5,12-16H2,1-2H3,(H,25,30). The first-order valence-electron chi connectivity index (χ1n) is 10.8. The molecule has 158 valence electrons. The van der Waals surface area contributed by atoms with Gasteiger partial charge in [0.25, 0.3) is 5.91 Å². The normalized spacial score (nSPS) is 17.9. The van der Waals surface area contributed by atoms with E-state index in [9.17, 15) is 9.59 Å². The first-order chi connectivity index (χ1) is 14.5. The largest absolute Gasteiger partial charge is 0.369 e. The van der Waals surface area contributed by atoms with Gasteiger partial charge in [-0.05, 0) is 74.8 Å². The third-order valence-electron chi connectivity index (χ3n) is 6.06. The zero-order valence-corrected chi connectivity index (χ0v) is 17.9. The van der Waals surface area contributed by atoms with Gasteiger partial charge in [0, 0.05) is 61.8 Å². The third-order valence-corrected chi connectivity index (χ3v) is 6.06. The molecule has 2 amide bonds. The summed E-state index contributed by atoms with van der Waals surface area (Å²) < 4.78 is 0. The Bertz CT molecular complexity index is 917. The van der Waals surface area contributed by atoms with Crippen LogP contribution in [0.2, 0.25) is 0 Å². The smallest absolute Gasteiger partial charge is 0.255 e. The van der Waals surface area contributed by atoms with Crippen molar-refractivity contribution in [2.24, 2.45) is 0 Å². The van der Waals surface area contributed by atoms with E-state index in [2.05, 4.69) is 35.2 Å². The van der Waals surface area contributed by atoms with Crippen LogP contribution < -0.4 is 15.1 Å². The Labute approximate surface area is 178 Å². The molecule has 1 N–H and O–H groups in total. The van der Waals surface area contributed by atoms with Gasteiger partial charge < -0.3 is 20.0 Å². The summed E-state index contributed by atoms with van der Waals surface area (Å²) in [6, 6.07) is 13.4. The molecule has 0 bridgehead atoms. The van der Waals surface area contributed by atoms with Crippen molar-refractivity contribution in [1.82, 2.24) is 4.90 Å². The molecule has 0 saturated carbocycles. The Hall–Kier alpha value is -2.86. The van der Waals surface area contributed by atoms with Gasteiger partial charge in [0.2, 0.25) is 5.91 Å². The lowest BCUT2D eigenvalue weighted by atomic mass is 10.1. The lowest BCUT2D eigenvalue weighted by molar-refractivity contribution is -0.119. The van der Waals surface area contributed by atoms with E-state index in [1.165, 1.54) is 5.69 Å². The monoisotopic (exact) mass is 406 g/mol. The highest BCUT2D eigenvalue weighted by atomic mass is 16.2. The number of piperidine rings is 1. The molecule has 0 atom stereocenters. The number of rotatable bonds is 4. The molecule has 6 nitrogen and oxygen atoms in total. The van der Waals surface area contributed by atoms with Crippen LogP contribution >= 0.6 is 0 Å². The Balaban J connectivity index is 1.41. The van der Waals surface area contributed by atoms with Crippen LogP contribution in [0.1, 0.15) is 35.2 Å². The summed E-state index contributed by atoms with van der Waals surface area (Å²) in [4.78, 5) is 31.3. The first-order valence-corrected chi connectivity index (χ1v) is 10.8. The molecule has 2 fully saturated rings. The predicted molar refractivity (Wildman–Crippen MR) is 121 cm³/mol. The number of nitrogens with zero attached hydrogens (tertiary/aromatic N) is 3. The number of hydrogen-bond acceptors (Lipinski definition) is 4. The average molecular weight is 407 g/mol. The van der Waals surface area contributed by atoms with Gasteiger partial charge in [-0.1, -0.05) is 0 Å². The van der Waals surface area contributed by atoms with E-state index in [0.29, 0.717) is 12.0 Å². The molecule has 2 saturated heterocycles. The van der Waals surface area contributed by atoms with Crippen LogP contribution in [0.25, 0.3) is 0 Å². The van der Waals surface area contributed by atoms with E-state index in [0.717, 1.165) is 62.5 Å². The lowest BCUT2D eigenvalue weighted by Gasteiger charge is -2.35. The topological polar surface area (TPSA) is 55.9 Å². The van der Waals surface area contributed by atoms with Crippen LogP contribution in [-0.4, -0.2) is 56.5 Å². The number of piperazine rings is 1. The highest BCUT2D eigenvalue weighted by Crippen LogP contribution is 2.26. The number of nitrogens with one attached hydrogen (secondary N) is 1. The summed E-state index contributed by atoms with van der Waals surface area (Å²) in [7, 11) is 2.15. The zero-order valence-electron chi connectivity index (χ0n) is 17.9. The highest BCUT2D eigenvalue weighted by Gasteiger charge is 2.20. The SMILES string of the molecule is Cc1cc(NC(=O)c2ccc(N3CCCCC3=O)cc2)ccc1N1CCN(C)CC1. The van der Waals surface area contributed by atoms with E-state index in [1.807, 2.05) is 29.2 Å². The number of carbonyl (C=O) groups is 2. The van der Waals surface area contributed by atoms with Crippen LogP contribution in [0.15, 0.2) is 42.5 Å². The van der Waals surface area contributed by atoms with Crippen LogP contribution in [0, 0.1) is 6.92 Å². The van der Waals surface area contributed by atoms with Crippen LogP contribution in [0.4, 0.5) is 17.1 Å². The molecule has 0 unspecified atom stereocenters. The van der Waals surface area contributed by atoms with Crippen molar-refractivity contribution in [2.45, 2.75) is 26.2 Å². The second-order valence-electron chi connectivity index (χ2n) is 8.30. The Morgan fingerprint density at radius 3 is 2.33 bits per heavy atom. The van der Waals surface area contributed by atoms with Crippen molar-refractivity contribution in [2.75, 3.05) is 54.9 Å². The van der Waals surface area contributed by atoms with E-state index in [4.69, 9.17) is 0 Å². The Kier molecular flexibility index (Phi) is 6.04. The molecule has 2 aliphatic rings. The fraction of sp³-hybridized carbons (Fsp3) is 0.417. The third kappa shape index (κ3) is 4.49. The predicted octanol–water partition coefficient (Wildman–Crippen LogP) is 3.52. The summed E-state index contributed by atoms with van der Waals surface area (Å²) in [5.74, 6) is 0.0210. The molecule has 2 aromatic carbocycles. The maximum Gasteiger partial charge on any atom is 0.255 e. The van der Waals surface area contributed by atoms with Gasteiger partial charge in [-0.2, -0.15) is 0 Å². The quantitative estimate of drug-likeness (QED) is 0.844. The summed E-state index contributed by atoms with van der Waals surface area (Å²) in [6.45, 7) is 7.02. The van der Waals surface area contributed by atoms with E-state index in [1.54, 1.807) is 12.1 Å². The van der Waals surface area contributed by atoms with E-state index >= 15 is 0 Å². The number of likely N-dealkylation sites (N-methyl/N-ethyl adjacent to an activating group) is 1. The van der Waals surface area contributed by atoms with Crippen molar-refractivity contribution in [3.63, 3.8) is 0 Å². The first kappa shape index (κ1) is 20.4. The molecule has 30 heavy (non-hydrogen) atoms. The van der Waals surface area contributed by atoms with Crippen molar-refractivity contribution < 1.29 is 9.59 Å². The number of amides is 2. The summed E-state index contributed by atoms with van der Waals surface area (Å²) in [5.41, 5.74) is 4.64. The molecule has 0 spiro atoms. The maximum atomic E-state index is 12.7. The molecule has 2 aliphatic heterocycles. The van der Waals surface area contributed by atoms with Crippen molar-refractivity contribution in [1.29, 1.82) is 0 Å². The second-order valence-corrected chi connectivity index (χ2v) is 8.30. The summed E-state index contributed by atoms with van der Waals surface area (Å²) in [5, 5.41) is 3.00. The summed E-state index contributed by atoms with van der Waals surface area (Å²) in [6.07, 6.45) is 2.59. The fourth-order valence-corrected chi connectivity index (χ4v) is 4.21. The molecule has 4 rings (SSSR count). The van der Waals surface area contributed by atoms with Gasteiger partial charge in [0.1, 0.15) is 0 Å². The number of anilines is 3. The highest BCUT2D eigenvalue weighted by molar-refractivity contribution is 6.05. The minimum Gasteiger partial charge on any atom is -0.369 e. The molecular weight excluding hydrogens is 376 g/mol. The van der Waals surface area contributed by atoms with Gasteiger partial charge in [0.05, 0.1) is 0 Å². The lowest BCUT2D eigenvalue weighted by Crippen LogP contribution is -2.44. The fourth-order valence-electron chi connectivity index (χ4n) is 4.21. The molecule has 2 aromatic rings. The molecular formula is C24H30N4O2. The molecule has 6 heteroatoms. The second kappa shape index (κ2) is 8.88. The van der Waals surface area contributed by atoms with Crippen LogP contribution in [-0.2, 0) is 4.79 Å². The Morgan fingerprint density at radius 1 is 0.933 bits per heavy atom. The zero-order chi connectivity index (χ0) is 21.1. The summed E-state index contributed by atoms with van der Waals surface area (Å²) >= 11 is 0. The van der Waals surface area contributed by atoms with E-state index in [-0.39, 0.29) is 11.8 Å². The molecule has 0 radical (unpaired) electrons. The molecule has 2 heterocycles. The van der Waals surface area contributed by atoms with Gasteiger partial charge in [-0.25, -0.2) is 0 Å². The molecule has 0 aromatic heterocycles. The van der Waals surface area contributed by atoms with E-state index < -0.39 is 0 Å². The molecule has 0 aliphatic carbocycles. The van der Waals surface area contributed by atoms with Crippen LogP contribution in [0.5, 0.6) is 0 Å².